The van der Waals surface area contributed by atoms with Gasteiger partial charge in [0.1, 0.15) is 17.7 Å². The van der Waals surface area contributed by atoms with Gasteiger partial charge in [-0.1, -0.05) is 0 Å². The van der Waals surface area contributed by atoms with E-state index in [4.69, 9.17) is 4.74 Å². The van der Waals surface area contributed by atoms with Crippen molar-refractivity contribution in [1.82, 2.24) is 25.1 Å². The monoisotopic (exact) mass is 328 g/mol. The number of nitrogens with zero attached hydrogens (tertiary/aromatic N) is 4. The second-order valence-corrected chi connectivity index (χ2v) is 5.41. The van der Waals surface area contributed by atoms with Crippen LogP contribution < -0.4 is 10.1 Å². The molecule has 3 aromatic rings. The topological polar surface area (TPSA) is 88.6 Å². The van der Waals surface area contributed by atoms with Gasteiger partial charge in [-0.15, -0.1) is 0 Å². The number of pyridine rings is 1. The number of ether oxygens (including phenoxy) is 1. The minimum atomic E-state index is -0.409. The SMILES string of the molecule is Cc1cc(Nc2nc(O[C@@H](C)c3ccc(F)cn3)ncc2C)n[nH]1. The zero-order valence-corrected chi connectivity index (χ0v) is 13.5. The zero-order valence-electron chi connectivity index (χ0n) is 13.5. The molecule has 0 radical (unpaired) electrons. The summed E-state index contributed by atoms with van der Waals surface area (Å²) in [4.78, 5) is 12.5. The molecule has 124 valence electrons. The fourth-order valence-corrected chi connectivity index (χ4v) is 2.06. The Morgan fingerprint density at radius 2 is 2.04 bits per heavy atom. The van der Waals surface area contributed by atoms with Gasteiger partial charge in [0.15, 0.2) is 5.82 Å². The lowest BCUT2D eigenvalue weighted by Gasteiger charge is -2.14. The molecule has 0 aliphatic heterocycles. The van der Waals surface area contributed by atoms with E-state index in [1.54, 1.807) is 19.2 Å². The normalized spacial score (nSPS) is 12.0. The van der Waals surface area contributed by atoms with Gasteiger partial charge in [0.25, 0.3) is 0 Å². The second kappa shape index (κ2) is 6.61. The Morgan fingerprint density at radius 3 is 2.71 bits per heavy atom. The average Bonchev–Trinajstić information content (AvgIpc) is 2.96. The Kier molecular flexibility index (Phi) is 4.37. The molecule has 0 saturated heterocycles. The number of nitrogens with one attached hydrogen (secondary N) is 2. The van der Waals surface area contributed by atoms with Crippen molar-refractivity contribution in [3.63, 3.8) is 0 Å². The Balaban J connectivity index is 1.76. The molecule has 0 amide bonds. The maximum Gasteiger partial charge on any atom is 0.319 e. The molecule has 0 spiro atoms. The highest BCUT2D eigenvalue weighted by atomic mass is 19.1. The van der Waals surface area contributed by atoms with Gasteiger partial charge in [0, 0.05) is 23.5 Å². The summed E-state index contributed by atoms with van der Waals surface area (Å²) in [5.41, 5.74) is 2.39. The van der Waals surface area contributed by atoms with Gasteiger partial charge in [0.05, 0.1) is 11.9 Å². The van der Waals surface area contributed by atoms with Gasteiger partial charge in [0.2, 0.25) is 0 Å². The van der Waals surface area contributed by atoms with Crippen LogP contribution in [-0.4, -0.2) is 25.1 Å². The van der Waals surface area contributed by atoms with Crippen molar-refractivity contribution in [2.45, 2.75) is 26.9 Å². The molecular weight excluding hydrogens is 311 g/mol. The van der Waals surface area contributed by atoms with Crippen LogP contribution in [0, 0.1) is 19.7 Å². The third-order valence-corrected chi connectivity index (χ3v) is 3.35. The highest BCUT2D eigenvalue weighted by Crippen LogP contribution is 2.22. The Morgan fingerprint density at radius 1 is 1.21 bits per heavy atom. The number of aromatic nitrogens is 5. The first-order chi connectivity index (χ1) is 11.5. The molecule has 3 aromatic heterocycles. The highest BCUT2D eigenvalue weighted by molar-refractivity contribution is 5.55. The molecule has 0 aliphatic rings. The number of H-pyrrole nitrogens is 1. The predicted octanol–water partition coefficient (Wildman–Crippen LogP) is 3.23. The van der Waals surface area contributed by atoms with Gasteiger partial charge < -0.3 is 10.1 Å². The summed E-state index contributed by atoms with van der Waals surface area (Å²) in [6.07, 6.45) is 2.40. The number of halogens is 1. The average molecular weight is 328 g/mol. The van der Waals surface area contributed by atoms with Crippen molar-refractivity contribution < 1.29 is 9.13 Å². The molecule has 0 fully saturated rings. The number of aromatic amines is 1. The minimum Gasteiger partial charge on any atom is -0.454 e. The Bertz CT molecular complexity index is 833. The van der Waals surface area contributed by atoms with Crippen LogP contribution in [0.1, 0.15) is 30.0 Å². The summed E-state index contributed by atoms with van der Waals surface area (Å²) in [5.74, 6) is 0.873. The molecule has 24 heavy (non-hydrogen) atoms. The molecule has 0 unspecified atom stereocenters. The number of rotatable bonds is 5. The van der Waals surface area contributed by atoms with Crippen LogP contribution in [-0.2, 0) is 0 Å². The Hall–Kier alpha value is -3.03. The first-order valence-corrected chi connectivity index (χ1v) is 7.42. The minimum absolute atomic E-state index is 0.203. The van der Waals surface area contributed by atoms with Crippen molar-refractivity contribution >= 4 is 11.6 Å². The van der Waals surface area contributed by atoms with Crippen molar-refractivity contribution in [2.75, 3.05) is 5.32 Å². The predicted molar refractivity (Wildman–Crippen MR) is 86.6 cm³/mol. The molecule has 8 heteroatoms. The first-order valence-electron chi connectivity index (χ1n) is 7.42. The van der Waals surface area contributed by atoms with Crippen molar-refractivity contribution in [1.29, 1.82) is 0 Å². The lowest BCUT2D eigenvalue weighted by atomic mass is 10.2. The van der Waals surface area contributed by atoms with Crippen LogP contribution in [0.4, 0.5) is 16.0 Å². The van der Waals surface area contributed by atoms with Gasteiger partial charge in [-0.2, -0.15) is 10.1 Å². The van der Waals surface area contributed by atoms with Crippen LogP contribution in [0.25, 0.3) is 0 Å². The molecule has 1 atom stereocenters. The lowest BCUT2D eigenvalue weighted by molar-refractivity contribution is 0.203. The summed E-state index contributed by atoms with van der Waals surface area (Å²) in [6, 6.07) is 4.98. The molecular formula is C16H17FN6O. The Labute approximate surface area is 138 Å². The molecule has 0 saturated carbocycles. The molecule has 2 N–H and O–H groups in total. The van der Waals surface area contributed by atoms with Crippen LogP contribution in [0.15, 0.2) is 30.6 Å². The van der Waals surface area contributed by atoms with Gasteiger partial charge in [-0.3, -0.25) is 10.1 Å². The number of hydrogen-bond donors (Lipinski definition) is 2. The van der Waals surface area contributed by atoms with E-state index >= 15 is 0 Å². The summed E-state index contributed by atoms with van der Waals surface area (Å²) in [6.45, 7) is 5.60. The number of anilines is 2. The van der Waals surface area contributed by atoms with Crippen LogP contribution in [0.3, 0.4) is 0 Å². The van der Waals surface area contributed by atoms with E-state index in [1.165, 1.54) is 6.07 Å². The van der Waals surface area contributed by atoms with E-state index in [0.29, 0.717) is 17.3 Å². The zero-order chi connectivity index (χ0) is 17.1. The van der Waals surface area contributed by atoms with Crippen LogP contribution in [0.5, 0.6) is 6.01 Å². The van der Waals surface area contributed by atoms with Crippen LogP contribution >= 0.6 is 0 Å². The fraction of sp³-hybridized carbons (Fsp3) is 0.250. The third kappa shape index (κ3) is 3.65. The van der Waals surface area contributed by atoms with E-state index in [1.807, 2.05) is 19.9 Å². The van der Waals surface area contributed by atoms with E-state index in [0.717, 1.165) is 17.5 Å². The first kappa shape index (κ1) is 15.9. The summed E-state index contributed by atoms with van der Waals surface area (Å²) < 4.78 is 18.6. The van der Waals surface area contributed by atoms with Crippen molar-refractivity contribution in [3.8, 4) is 6.01 Å². The van der Waals surface area contributed by atoms with Gasteiger partial charge in [-0.25, -0.2) is 9.37 Å². The van der Waals surface area contributed by atoms with E-state index in [-0.39, 0.29) is 6.01 Å². The summed E-state index contributed by atoms with van der Waals surface area (Å²) in [5, 5.41) is 10.1. The molecule has 0 bridgehead atoms. The largest absolute Gasteiger partial charge is 0.454 e. The van der Waals surface area contributed by atoms with Gasteiger partial charge >= 0.3 is 6.01 Å². The van der Waals surface area contributed by atoms with Gasteiger partial charge in [-0.05, 0) is 32.9 Å². The third-order valence-electron chi connectivity index (χ3n) is 3.35. The lowest BCUT2D eigenvalue weighted by Crippen LogP contribution is -2.09. The summed E-state index contributed by atoms with van der Waals surface area (Å²) >= 11 is 0. The molecule has 3 heterocycles. The quantitative estimate of drug-likeness (QED) is 0.747. The van der Waals surface area contributed by atoms with E-state index in [9.17, 15) is 4.39 Å². The highest BCUT2D eigenvalue weighted by Gasteiger charge is 2.13. The van der Waals surface area contributed by atoms with E-state index < -0.39 is 11.9 Å². The van der Waals surface area contributed by atoms with Crippen LogP contribution in [0.2, 0.25) is 0 Å². The standard InChI is InChI=1S/C16H17FN6O/c1-9-7-19-16(21-15(9)20-14-6-10(2)22-23-14)24-11(3)13-5-4-12(17)8-18-13/h4-8,11H,1-3H3,(H2,19,20,21,22,23)/t11-/m0/s1. The fourth-order valence-electron chi connectivity index (χ4n) is 2.06. The number of aryl methyl sites for hydroxylation is 2. The maximum atomic E-state index is 12.9. The van der Waals surface area contributed by atoms with Crippen molar-refractivity contribution in [3.05, 3.63) is 53.4 Å². The smallest absolute Gasteiger partial charge is 0.319 e. The molecule has 0 aromatic carbocycles. The maximum absolute atomic E-state index is 12.9. The summed E-state index contributed by atoms with van der Waals surface area (Å²) in [7, 11) is 0. The van der Waals surface area contributed by atoms with E-state index in [2.05, 4.69) is 30.5 Å². The molecule has 7 nitrogen and oxygen atoms in total. The number of hydrogen-bond acceptors (Lipinski definition) is 6. The molecule has 3 rings (SSSR count). The molecule has 0 aliphatic carbocycles. The second-order valence-electron chi connectivity index (χ2n) is 5.41. The van der Waals surface area contributed by atoms with Crippen molar-refractivity contribution in [2.24, 2.45) is 0 Å².